The van der Waals surface area contributed by atoms with Crippen molar-refractivity contribution in [2.75, 3.05) is 7.05 Å². The Kier molecular flexibility index (Phi) is 4.20. The summed E-state index contributed by atoms with van der Waals surface area (Å²) in [4.78, 5) is 0. The molecular weight excluding hydrogens is 286 g/mol. The van der Waals surface area contributed by atoms with E-state index in [-0.39, 0.29) is 6.04 Å². The van der Waals surface area contributed by atoms with Gasteiger partial charge in [0.1, 0.15) is 0 Å². The van der Waals surface area contributed by atoms with Gasteiger partial charge in [-0.1, -0.05) is 64.0 Å². The van der Waals surface area contributed by atoms with Crippen LogP contribution in [0.15, 0.2) is 46.9 Å². The van der Waals surface area contributed by atoms with E-state index in [4.69, 9.17) is 0 Å². The molecule has 0 radical (unpaired) electrons. The molecular formula is C16H18BrN. The quantitative estimate of drug-likeness (QED) is 0.887. The van der Waals surface area contributed by atoms with Crippen LogP contribution in [0.5, 0.6) is 0 Å². The highest BCUT2D eigenvalue weighted by Gasteiger charge is 2.15. The molecule has 0 aliphatic heterocycles. The lowest BCUT2D eigenvalue weighted by atomic mass is 9.97. The van der Waals surface area contributed by atoms with Crippen LogP contribution in [0, 0.1) is 13.8 Å². The first-order valence-corrected chi connectivity index (χ1v) is 6.91. The first-order valence-electron chi connectivity index (χ1n) is 6.12. The van der Waals surface area contributed by atoms with E-state index in [1.807, 2.05) is 7.05 Å². The molecule has 0 bridgehead atoms. The lowest BCUT2D eigenvalue weighted by Crippen LogP contribution is -2.18. The highest BCUT2D eigenvalue weighted by atomic mass is 79.9. The number of benzene rings is 2. The van der Waals surface area contributed by atoms with E-state index in [2.05, 4.69) is 77.6 Å². The van der Waals surface area contributed by atoms with Gasteiger partial charge in [-0.05, 0) is 37.6 Å². The molecule has 1 atom stereocenters. The van der Waals surface area contributed by atoms with Gasteiger partial charge in [0.2, 0.25) is 0 Å². The number of halogens is 1. The van der Waals surface area contributed by atoms with Crippen LogP contribution in [0.25, 0.3) is 0 Å². The predicted molar refractivity (Wildman–Crippen MR) is 81.0 cm³/mol. The van der Waals surface area contributed by atoms with Crippen LogP contribution in [0.2, 0.25) is 0 Å². The van der Waals surface area contributed by atoms with Gasteiger partial charge in [-0.2, -0.15) is 0 Å². The highest BCUT2D eigenvalue weighted by Crippen LogP contribution is 2.30. The molecule has 0 heterocycles. The van der Waals surface area contributed by atoms with Gasteiger partial charge >= 0.3 is 0 Å². The van der Waals surface area contributed by atoms with E-state index in [1.54, 1.807) is 0 Å². The van der Waals surface area contributed by atoms with Crippen molar-refractivity contribution in [2.45, 2.75) is 19.9 Å². The lowest BCUT2D eigenvalue weighted by molar-refractivity contribution is 0.688. The van der Waals surface area contributed by atoms with Gasteiger partial charge in [0.05, 0.1) is 6.04 Å². The van der Waals surface area contributed by atoms with E-state index in [1.165, 1.54) is 26.7 Å². The number of rotatable bonds is 3. The molecule has 0 saturated heterocycles. The monoisotopic (exact) mass is 303 g/mol. The fourth-order valence-corrected chi connectivity index (χ4v) is 2.65. The topological polar surface area (TPSA) is 12.0 Å². The third-order valence-corrected chi connectivity index (χ3v) is 4.32. The first kappa shape index (κ1) is 13.3. The minimum absolute atomic E-state index is 0.222. The third-order valence-electron chi connectivity index (χ3n) is 3.23. The molecule has 1 nitrogen and oxygen atoms in total. The lowest BCUT2D eigenvalue weighted by Gasteiger charge is -2.20. The summed E-state index contributed by atoms with van der Waals surface area (Å²) < 4.78 is 1.19. The zero-order chi connectivity index (χ0) is 13.1. The second kappa shape index (κ2) is 5.68. The summed E-state index contributed by atoms with van der Waals surface area (Å²) in [6.07, 6.45) is 0. The average molecular weight is 304 g/mol. The van der Waals surface area contributed by atoms with E-state index in [9.17, 15) is 0 Å². The van der Waals surface area contributed by atoms with Gasteiger partial charge in [-0.25, -0.2) is 0 Å². The van der Waals surface area contributed by atoms with Gasteiger partial charge in [0.15, 0.2) is 0 Å². The minimum Gasteiger partial charge on any atom is -0.309 e. The van der Waals surface area contributed by atoms with Crippen LogP contribution < -0.4 is 5.32 Å². The standard InChI is InChI=1S/C16H18BrN/c1-11-7-9-13(10-8-11)16(18-3)14-6-4-5-12(2)15(14)17/h4-10,16,18H,1-3H3. The van der Waals surface area contributed by atoms with Gasteiger partial charge in [0, 0.05) is 4.47 Å². The molecule has 2 aromatic carbocycles. The summed E-state index contributed by atoms with van der Waals surface area (Å²) in [5.74, 6) is 0. The highest BCUT2D eigenvalue weighted by molar-refractivity contribution is 9.10. The molecule has 2 aromatic rings. The van der Waals surface area contributed by atoms with Gasteiger partial charge in [0.25, 0.3) is 0 Å². The Hall–Kier alpha value is -1.12. The zero-order valence-electron chi connectivity index (χ0n) is 11.0. The Labute approximate surface area is 117 Å². The molecule has 0 aliphatic rings. The first-order chi connectivity index (χ1) is 8.63. The zero-order valence-corrected chi connectivity index (χ0v) is 12.6. The average Bonchev–Trinajstić information content (AvgIpc) is 2.37. The van der Waals surface area contributed by atoms with Crippen molar-refractivity contribution in [3.8, 4) is 0 Å². The van der Waals surface area contributed by atoms with Crippen LogP contribution in [0.3, 0.4) is 0 Å². The molecule has 0 amide bonds. The van der Waals surface area contributed by atoms with Gasteiger partial charge in [-0.15, -0.1) is 0 Å². The molecule has 18 heavy (non-hydrogen) atoms. The maximum absolute atomic E-state index is 3.69. The number of aryl methyl sites for hydroxylation is 2. The van der Waals surface area contributed by atoms with Gasteiger partial charge < -0.3 is 5.32 Å². The van der Waals surface area contributed by atoms with Crippen molar-refractivity contribution in [1.82, 2.24) is 5.32 Å². The summed E-state index contributed by atoms with van der Waals surface area (Å²) in [6, 6.07) is 15.3. The smallest absolute Gasteiger partial charge is 0.0585 e. The van der Waals surface area contributed by atoms with E-state index in [0.717, 1.165) is 0 Å². The summed E-state index contributed by atoms with van der Waals surface area (Å²) in [5, 5.41) is 3.39. The Bertz CT molecular complexity index is 531. The van der Waals surface area contributed by atoms with Crippen LogP contribution >= 0.6 is 15.9 Å². The summed E-state index contributed by atoms with van der Waals surface area (Å²) in [7, 11) is 2.00. The molecule has 0 spiro atoms. The number of hydrogen-bond donors (Lipinski definition) is 1. The van der Waals surface area contributed by atoms with Gasteiger partial charge in [-0.3, -0.25) is 0 Å². The SMILES string of the molecule is CNC(c1ccc(C)cc1)c1cccc(C)c1Br. The molecule has 1 unspecified atom stereocenters. The normalized spacial score (nSPS) is 12.4. The fourth-order valence-electron chi connectivity index (χ4n) is 2.15. The second-order valence-corrected chi connectivity index (χ2v) is 5.40. The van der Waals surface area contributed by atoms with Crippen molar-refractivity contribution in [3.63, 3.8) is 0 Å². The molecule has 2 rings (SSSR count). The summed E-state index contributed by atoms with van der Waals surface area (Å²) in [5.41, 5.74) is 5.12. The number of nitrogens with one attached hydrogen (secondary N) is 1. The Morgan fingerprint density at radius 1 is 1.00 bits per heavy atom. The van der Waals surface area contributed by atoms with Crippen LogP contribution in [0.1, 0.15) is 28.3 Å². The predicted octanol–water partition coefficient (Wildman–Crippen LogP) is 4.37. The Morgan fingerprint density at radius 3 is 2.28 bits per heavy atom. The van der Waals surface area contributed by atoms with Crippen molar-refractivity contribution < 1.29 is 0 Å². The molecule has 0 saturated carbocycles. The van der Waals surface area contributed by atoms with Crippen LogP contribution in [-0.2, 0) is 0 Å². The van der Waals surface area contributed by atoms with Crippen LogP contribution in [0.4, 0.5) is 0 Å². The van der Waals surface area contributed by atoms with Crippen molar-refractivity contribution in [3.05, 3.63) is 69.2 Å². The second-order valence-electron chi connectivity index (χ2n) is 4.61. The Morgan fingerprint density at radius 2 is 1.67 bits per heavy atom. The molecule has 0 fully saturated rings. The maximum atomic E-state index is 3.69. The molecule has 0 aromatic heterocycles. The summed E-state index contributed by atoms with van der Waals surface area (Å²) >= 11 is 3.69. The molecule has 1 N–H and O–H groups in total. The third kappa shape index (κ3) is 2.65. The molecule has 94 valence electrons. The minimum atomic E-state index is 0.222. The molecule has 2 heteroatoms. The van der Waals surface area contributed by atoms with Crippen LogP contribution in [-0.4, -0.2) is 7.05 Å². The van der Waals surface area contributed by atoms with Crippen molar-refractivity contribution in [2.24, 2.45) is 0 Å². The molecule has 0 aliphatic carbocycles. The van der Waals surface area contributed by atoms with Crippen molar-refractivity contribution in [1.29, 1.82) is 0 Å². The fraction of sp³-hybridized carbons (Fsp3) is 0.250. The van der Waals surface area contributed by atoms with E-state index < -0.39 is 0 Å². The van der Waals surface area contributed by atoms with E-state index in [0.29, 0.717) is 0 Å². The van der Waals surface area contributed by atoms with E-state index >= 15 is 0 Å². The number of hydrogen-bond acceptors (Lipinski definition) is 1. The Balaban J connectivity index is 2.45. The van der Waals surface area contributed by atoms with Crippen molar-refractivity contribution >= 4 is 15.9 Å². The maximum Gasteiger partial charge on any atom is 0.0585 e. The summed E-state index contributed by atoms with van der Waals surface area (Å²) in [6.45, 7) is 4.23. The largest absolute Gasteiger partial charge is 0.309 e.